The standard InChI is InChI=1S/C10H13ClN2O4/c11-9-2-1-7(5-12-9)8(15)6-13(3-4-14)10(16)17/h1-2,5,8,14-15H,3-4,6H2,(H,16,17). The van der Waals surface area contributed by atoms with Crippen LogP contribution in [0, 0.1) is 0 Å². The molecule has 0 aliphatic rings. The number of rotatable bonds is 5. The lowest BCUT2D eigenvalue weighted by Gasteiger charge is -2.21. The van der Waals surface area contributed by atoms with Crippen molar-refractivity contribution in [3.05, 3.63) is 29.0 Å². The van der Waals surface area contributed by atoms with E-state index in [0.717, 1.165) is 4.90 Å². The molecule has 0 radical (unpaired) electrons. The zero-order valence-corrected chi connectivity index (χ0v) is 9.71. The molecule has 0 aliphatic heterocycles. The Labute approximate surface area is 103 Å². The van der Waals surface area contributed by atoms with Crippen LogP contribution >= 0.6 is 11.6 Å². The number of carbonyl (C=O) groups is 1. The van der Waals surface area contributed by atoms with E-state index in [1.54, 1.807) is 6.07 Å². The number of pyridine rings is 1. The Morgan fingerprint density at radius 1 is 1.53 bits per heavy atom. The molecular formula is C10H13ClN2O4. The first-order chi connectivity index (χ1) is 8.04. The van der Waals surface area contributed by atoms with E-state index in [0.29, 0.717) is 10.7 Å². The molecule has 0 saturated heterocycles. The number of amides is 1. The number of hydrogen-bond acceptors (Lipinski definition) is 4. The lowest BCUT2D eigenvalue weighted by atomic mass is 10.1. The third-order valence-corrected chi connectivity index (χ3v) is 2.39. The lowest BCUT2D eigenvalue weighted by Crippen LogP contribution is -2.35. The molecule has 0 fully saturated rings. The Hall–Kier alpha value is -1.37. The maximum Gasteiger partial charge on any atom is 0.407 e. The predicted molar refractivity (Wildman–Crippen MR) is 60.9 cm³/mol. The number of aliphatic hydroxyl groups excluding tert-OH is 2. The summed E-state index contributed by atoms with van der Waals surface area (Å²) in [5.74, 6) is 0. The van der Waals surface area contributed by atoms with Gasteiger partial charge in [0.05, 0.1) is 19.3 Å². The highest BCUT2D eigenvalue weighted by Gasteiger charge is 2.17. The summed E-state index contributed by atoms with van der Waals surface area (Å²) in [4.78, 5) is 15.5. The summed E-state index contributed by atoms with van der Waals surface area (Å²) < 4.78 is 0. The number of aliphatic hydroxyl groups is 2. The van der Waals surface area contributed by atoms with Crippen molar-refractivity contribution >= 4 is 17.7 Å². The molecule has 0 aliphatic carbocycles. The third-order valence-electron chi connectivity index (χ3n) is 2.17. The molecule has 94 valence electrons. The van der Waals surface area contributed by atoms with E-state index in [2.05, 4.69) is 4.98 Å². The van der Waals surface area contributed by atoms with Crippen molar-refractivity contribution < 1.29 is 20.1 Å². The van der Waals surface area contributed by atoms with E-state index >= 15 is 0 Å². The monoisotopic (exact) mass is 260 g/mol. The van der Waals surface area contributed by atoms with Gasteiger partial charge in [0.1, 0.15) is 5.15 Å². The molecule has 0 aromatic carbocycles. The Morgan fingerprint density at radius 3 is 2.71 bits per heavy atom. The SMILES string of the molecule is O=C(O)N(CCO)CC(O)c1ccc(Cl)nc1. The van der Waals surface area contributed by atoms with Gasteiger partial charge in [0.25, 0.3) is 0 Å². The lowest BCUT2D eigenvalue weighted by molar-refractivity contribution is 0.0871. The van der Waals surface area contributed by atoms with E-state index < -0.39 is 12.2 Å². The summed E-state index contributed by atoms with van der Waals surface area (Å²) in [5.41, 5.74) is 0.471. The number of nitrogens with zero attached hydrogens (tertiary/aromatic N) is 2. The molecule has 1 aromatic rings. The molecule has 1 aromatic heterocycles. The summed E-state index contributed by atoms with van der Waals surface area (Å²) in [7, 11) is 0. The first-order valence-corrected chi connectivity index (χ1v) is 5.30. The van der Waals surface area contributed by atoms with Crippen LogP contribution in [0.2, 0.25) is 5.15 Å². The Morgan fingerprint density at radius 2 is 2.24 bits per heavy atom. The van der Waals surface area contributed by atoms with Gasteiger partial charge in [-0.25, -0.2) is 9.78 Å². The van der Waals surface area contributed by atoms with Gasteiger partial charge in [0, 0.05) is 18.3 Å². The maximum absolute atomic E-state index is 10.8. The van der Waals surface area contributed by atoms with Gasteiger partial charge in [0.2, 0.25) is 0 Å². The van der Waals surface area contributed by atoms with Gasteiger partial charge in [-0.1, -0.05) is 17.7 Å². The number of hydrogen-bond donors (Lipinski definition) is 3. The van der Waals surface area contributed by atoms with Crippen molar-refractivity contribution in [1.82, 2.24) is 9.88 Å². The van der Waals surface area contributed by atoms with Crippen LogP contribution in [0.3, 0.4) is 0 Å². The minimum absolute atomic E-state index is 0.0482. The Bertz CT molecular complexity index is 371. The molecule has 0 bridgehead atoms. The van der Waals surface area contributed by atoms with Crippen LogP contribution in [0.15, 0.2) is 18.3 Å². The van der Waals surface area contributed by atoms with E-state index in [9.17, 15) is 9.90 Å². The van der Waals surface area contributed by atoms with Gasteiger partial charge in [-0.2, -0.15) is 0 Å². The van der Waals surface area contributed by atoms with Crippen LogP contribution < -0.4 is 0 Å². The molecule has 1 unspecified atom stereocenters. The highest BCUT2D eigenvalue weighted by molar-refractivity contribution is 6.29. The molecular weight excluding hydrogens is 248 g/mol. The largest absolute Gasteiger partial charge is 0.465 e. The van der Waals surface area contributed by atoms with Crippen molar-refractivity contribution in [3.63, 3.8) is 0 Å². The van der Waals surface area contributed by atoms with Gasteiger partial charge < -0.3 is 20.2 Å². The second kappa shape index (κ2) is 6.39. The molecule has 17 heavy (non-hydrogen) atoms. The minimum atomic E-state index is -1.19. The smallest absolute Gasteiger partial charge is 0.407 e. The average molecular weight is 261 g/mol. The number of halogens is 1. The summed E-state index contributed by atoms with van der Waals surface area (Å²) >= 11 is 5.59. The fourth-order valence-corrected chi connectivity index (χ4v) is 1.40. The van der Waals surface area contributed by atoms with E-state index in [-0.39, 0.29) is 19.7 Å². The molecule has 1 heterocycles. The Kier molecular flexibility index (Phi) is 5.14. The average Bonchev–Trinajstić information content (AvgIpc) is 2.29. The van der Waals surface area contributed by atoms with Crippen LogP contribution in [0.5, 0.6) is 0 Å². The normalized spacial score (nSPS) is 12.2. The molecule has 1 rings (SSSR count). The second-order valence-corrected chi connectivity index (χ2v) is 3.77. The van der Waals surface area contributed by atoms with Crippen molar-refractivity contribution in [2.75, 3.05) is 19.7 Å². The van der Waals surface area contributed by atoms with Gasteiger partial charge in [0.15, 0.2) is 0 Å². The third kappa shape index (κ3) is 4.18. The zero-order valence-electron chi connectivity index (χ0n) is 8.95. The summed E-state index contributed by atoms with van der Waals surface area (Å²) in [6.45, 7) is -0.468. The van der Waals surface area contributed by atoms with Gasteiger partial charge in [-0.05, 0) is 6.07 Å². The highest BCUT2D eigenvalue weighted by Crippen LogP contribution is 2.15. The summed E-state index contributed by atoms with van der Waals surface area (Å²) in [5, 5.41) is 27.6. The first kappa shape index (κ1) is 13.7. The van der Waals surface area contributed by atoms with Crippen LogP contribution in [0.4, 0.5) is 4.79 Å². The second-order valence-electron chi connectivity index (χ2n) is 3.38. The van der Waals surface area contributed by atoms with Gasteiger partial charge >= 0.3 is 6.09 Å². The summed E-state index contributed by atoms with van der Waals surface area (Å²) in [6.07, 6.45) is -0.811. The van der Waals surface area contributed by atoms with Gasteiger partial charge in [-0.3, -0.25) is 0 Å². The van der Waals surface area contributed by atoms with Crippen molar-refractivity contribution in [2.45, 2.75) is 6.10 Å². The van der Waals surface area contributed by atoms with Crippen LogP contribution in [-0.2, 0) is 0 Å². The van der Waals surface area contributed by atoms with E-state index in [4.69, 9.17) is 21.8 Å². The van der Waals surface area contributed by atoms with Crippen molar-refractivity contribution in [1.29, 1.82) is 0 Å². The molecule has 6 nitrogen and oxygen atoms in total. The molecule has 7 heteroatoms. The molecule has 1 amide bonds. The van der Waals surface area contributed by atoms with Gasteiger partial charge in [-0.15, -0.1) is 0 Å². The van der Waals surface area contributed by atoms with Crippen LogP contribution in [0.1, 0.15) is 11.7 Å². The van der Waals surface area contributed by atoms with Crippen LogP contribution in [0.25, 0.3) is 0 Å². The fourth-order valence-electron chi connectivity index (χ4n) is 1.28. The molecule has 3 N–H and O–H groups in total. The maximum atomic E-state index is 10.8. The predicted octanol–water partition coefficient (Wildman–Crippen LogP) is 0.741. The Balaban J connectivity index is 2.66. The van der Waals surface area contributed by atoms with E-state index in [1.165, 1.54) is 12.3 Å². The minimum Gasteiger partial charge on any atom is -0.465 e. The molecule has 0 saturated carbocycles. The molecule has 1 atom stereocenters. The van der Waals surface area contributed by atoms with Crippen molar-refractivity contribution in [2.24, 2.45) is 0 Å². The zero-order chi connectivity index (χ0) is 12.8. The number of carboxylic acid groups (broad SMARTS) is 1. The van der Waals surface area contributed by atoms with Crippen LogP contribution in [-0.4, -0.2) is 51.0 Å². The molecule has 0 spiro atoms. The highest BCUT2D eigenvalue weighted by atomic mass is 35.5. The topological polar surface area (TPSA) is 93.9 Å². The van der Waals surface area contributed by atoms with E-state index in [1.807, 2.05) is 0 Å². The quantitative estimate of drug-likeness (QED) is 0.679. The van der Waals surface area contributed by atoms with Crippen molar-refractivity contribution in [3.8, 4) is 0 Å². The fraction of sp³-hybridized carbons (Fsp3) is 0.400. The first-order valence-electron chi connectivity index (χ1n) is 4.93. The summed E-state index contributed by atoms with van der Waals surface area (Å²) in [6, 6.07) is 3.08. The number of aromatic nitrogens is 1.